The van der Waals surface area contributed by atoms with Gasteiger partial charge in [0.2, 0.25) is 0 Å². The van der Waals surface area contributed by atoms with E-state index in [1.54, 1.807) is 0 Å². The second-order valence-electron chi connectivity index (χ2n) is 5.97. The molecule has 0 fully saturated rings. The summed E-state index contributed by atoms with van der Waals surface area (Å²) >= 11 is 0. The Balaban J connectivity index is 2.69. The molecule has 1 aliphatic rings. The van der Waals surface area contributed by atoms with Crippen LogP contribution in [0.1, 0.15) is 53.9 Å². The van der Waals surface area contributed by atoms with E-state index in [-0.39, 0.29) is 5.75 Å². The van der Waals surface area contributed by atoms with Crippen molar-refractivity contribution in [1.82, 2.24) is 0 Å². The van der Waals surface area contributed by atoms with E-state index in [1.165, 1.54) is 11.1 Å². The van der Waals surface area contributed by atoms with Gasteiger partial charge in [-0.3, -0.25) is 0 Å². The SMILES string of the molecule is CC(C)=CCC/C(C)=C/CC1(C)C(C)=CCS1(=O)=O. The Kier molecular flexibility index (Phi) is 5.19. The third-order valence-electron chi connectivity index (χ3n) is 4.06. The Morgan fingerprint density at radius 1 is 1.32 bits per heavy atom. The second kappa shape index (κ2) is 6.08. The smallest absolute Gasteiger partial charge is 0.163 e. The van der Waals surface area contributed by atoms with Gasteiger partial charge in [0.15, 0.2) is 9.84 Å². The molecule has 0 N–H and O–H groups in total. The Bertz CT molecular complexity index is 517. The van der Waals surface area contributed by atoms with Gasteiger partial charge in [0.05, 0.1) is 10.5 Å². The minimum absolute atomic E-state index is 0.194. The Hall–Kier alpha value is -0.830. The molecule has 19 heavy (non-hydrogen) atoms. The molecular weight excluding hydrogens is 256 g/mol. The lowest BCUT2D eigenvalue weighted by atomic mass is 9.96. The molecule has 1 heterocycles. The van der Waals surface area contributed by atoms with Gasteiger partial charge in [-0.15, -0.1) is 0 Å². The molecule has 0 bridgehead atoms. The normalized spacial score (nSPS) is 26.2. The quantitative estimate of drug-likeness (QED) is 0.708. The molecule has 1 rings (SSSR count). The fourth-order valence-corrected chi connectivity index (χ4v) is 3.98. The standard InChI is InChI=1S/C16H26O2S/c1-13(2)7-6-8-14(3)9-11-16(5)15(4)10-12-19(16,17)18/h7,9-10H,6,8,11-12H2,1-5H3/b14-9+. The molecule has 0 aromatic heterocycles. The fourth-order valence-electron chi connectivity index (χ4n) is 2.23. The van der Waals surface area contributed by atoms with Crippen molar-refractivity contribution in [3.8, 4) is 0 Å². The van der Waals surface area contributed by atoms with Gasteiger partial charge in [0, 0.05) is 0 Å². The Morgan fingerprint density at radius 2 is 1.95 bits per heavy atom. The van der Waals surface area contributed by atoms with E-state index in [9.17, 15) is 8.42 Å². The van der Waals surface area contributed by atoms with Crippen LogP contribution in [-0.4, -0.2) is 18.9 Å². The topological polar surface area (TPSA) is 34.1 Å². The van der Waals surface area contributed by atoms with Gasteiger partial charge in [-0.05, 0) is 53.9 Å². The number of hydrogen-bond donors (Lipinski definition) is 0. The number of rotatable bonds is 5. The minimum Gasteiger partial charge on any atom is -0.228 e. The first-order chi connectivity index (χ1) is 8.69. The zero-order chi connectivity index (χ0) is 14.7. The fraction of sp³-hybridized carbons (Fsp3) is 0.625. The van der Waals surface area contributed by atoms with Crippen LogP contribution in [0.2, 0.25) is 0 Å². The van der Waals surface area contributed by atoms with Crippen LogP contribution in [-0.2, 0) is 9.84 Å². The highest BCUT2D eigenvalue weighted by molar-refractivity contribution is 7.93. The van der Waals surface area contributed by atoms with Crippen LogP contribution < -0.4 is 0 Å². The zero-order valence-electron chi connectivity index (χ0n) is 12.8. The van der Waals surface area contributed by atoms with Gasteiger partial charge in [-0.25, -0.2) is 8.42 Å². The predicted octanol–water partition coefficient (Wildman–Crippen LogP) is 4.20. The highest BCUT2D eigenvalue weighted by Crippen LogP contribution is 2.36. The van der Waals surface area contributed by atoms with Crippen LogP contribution in [0.15, 0.2) is 34.9 Å². The summed E-state index contributed by atoms with van der Waals surface area (Å²) in [7, 11) is -3.01. The van der Waals surface area contributed by atoms with Crippen LogP contribution in [0.3, 0.4) is 0 Å². The molecule has 0 spiro atoms. The van der Waals surface area contributed by atoms with Gasteiger partial charge in [-0.2, -0.15) is 0 Å². The van der Waals surface area contributed by atoms with Crippen LogP contribution in [0.25, 0.3) is 0 Å². The van der Waals surface area contributed by atoms with Gasteiger partial charge in [-0.1, -0.05) is 34.9 Å². The van der Waals surface area contributed by atoms with Crippen LogP contribution in [0.5, 0.6) is 0 Å². The molecule has 1 unspecified atom stereocenters. The molecule has 1 atom stereocenters. The third-order valence-corrected chi connectivity index (χ3v) is 6.53. The maximum absolute atomic E-state index is 12.1. The molecule has 108 valence electrons. The summed E-state index contributed by atoms with van der Waals surface area (Å²) in [4.78, 5) is 0. The molecule has 2 nitrogen and oxygen atoms in total. The van der Waals surface area contributed by atoms with Crippen LogP contribution in [0.4, 0.5) is 0 Å². The molecule has 0 aromatic rings. The summed E-state index contributed by atoms with van der Waals surface area (Å²) in [5.41, 5.74) is 3.59. The second-order valence-corrected chi connectivity index (χ2v) is 8.44. The first kappa shape index (κ1) is 16.2. The van der Waals surface area contributed by atoms with E-state index >= 15 is 0 Å². The van der Waals surface area contributed by atoms with E-state index in [0.717, 1.165) is 18.4 Å². The van der Waals surface area contributed by atoms with Crippen molar-refractivity contribution in [2.75, 3.05) is 5.75 Å². The molecule has 0 aliphatic carbocycles. The molecule has 3 heteroatoms. The van der Waals surface area contributed by atoms with Crippen molar-refractivity contribution in [3.63, 3.8) is 0 Å². The van der Waals surface area contributed by atoms with E-state index in [1.807, 2.05) is 19.9 Å². The van der Waals surface area contributed by atoms with Crippen molar-refractivity contribution >= 4 is 9.84 Å². The van der Waals surface area contributed by atoms with Crippen molar-refractivity contribution < 1.29 is 8.42 Å². The molecule has 0 radical (unpaired) electrons. The molecular formula is C16H26O2S. The Morgan fingerprint density at radius 3 is 2.42 bits per heavy atom. The summed E-state index contributed by atoms with van der Waals surface area (Å²) in [5, 5.41) is 0. The third kappa shape index (κ3) is 3.82. The lowest BCUT2D eigenvalue weighted by Crippen LogP contribution is -2.33. The van der Waals surface area contributed by atoms with E-state index in [2.05, 4.69) is 32.9 Å². The van der Waals surface area contributed by atoms with Gasteiger partial charge in [0.1, 0.15) is 0 Å². The first-order valence-electron chi connectivity index (χ1n) is 6.87. The largest absolute Gasteiger partial charge is 0.228 e. The summed E-state index contributed by atoms with van der Waals surface area (Å²) in [6, 6.07) is 0. The highest BCUT2D eigenvalue weighted by Gasteiger charge is 2.42. The number of sulfone groups is 1. The van der Waals surface area contributed by atoms with Crippen molar-refractivity contribution in [2.45, 2.75) is 58.6 Å². The van der Waals surface area contributed by atoms with Crippen molar-refractivity contribution in [1.29, 1.82) is 0 Å². The van der Waals surface area contributed by atoms with Gasteiger partial charge in [0.25, 0.3) is 0 Å². The van der Waals surface area contributed by atoms with E-state index < -0.39 is 14.6 Å². The van der Waals surface area contributed by atoms with Gasteiger partial charge < -0.3 is 0 Å². The predicted molar refractivity (Wildman–Crippen MR) is 83.0 cm³/mol. The summed E-state index contributed by atoms with van der Waals surface area (Å²) in [6.07, 6.45) is 8.79. The maximum Gasteiger partial charge on any atom is 0.163 e. The molecule has 0 saturated heterocycles. The Labute approximate surface area is 118 Å². The first-order valence-corrected chi connectivity index (χ1v) is 8.53. The maximum atomic E-state index is 12.1. The van der Waals surface area contributed by atoms with Crippen molar-refractivity contribution in [3.05, 3.63) is 34.9 Å². The van der Waals surface area contributed by atoms with Gasteiger partial charge >= 0.3 is 0 Å². The highest BCUT2D eigenvalue weighted by atomic mass is 32.2. The molecule has 0 saturated carbocycles. The summed E-state index contributed by atoms with van der Waals surface area (Å²) in [5.74, 6) is 0.194. The molecule has 0 amide bonds. The van der Waals surface area contributed by atoms with Crippen molar-refractivity contribution in [2.24, 2.45) is 0 Å². The average Bonchev–Trinajstić information content (AvgIpc) is 2.50. The van der Waals surface area contributed by atoms with E-state index in [4.69, 9.17) is 0 Å². The minimum atomic E-state index is -3.01. The molecule has 0 aromatic carbocycles. The zero-order valence-corrected chi connectivity index (χ0v) is 13.6. The lowest BCUT2D eigenvalue weighted by Gasteiger charge is -2.24. The van der Waals surface area contributed by atoms with Crippen LogP contribution >= 0.6 is 0 Å². The summed E-state index contributed by atoms with van der Waals surface area (Å²) < 4.78 is 23.5. The number of allylic oxidation sites excluding steroid dienone is 4. The molecule has 1 aliphatic heterocycles. The average molecular weight is 282 g/mol. The number of hydrogen-bond acceptors (Lipinski definition) is 2. The van der Waals surface area contributed by atoms with E-state index in [0.29, 0.717) is 6.42 Å². The summed E-state index contributed by atoms with van der Waals surface area (Å²) in [6.45, 7) is 10.1. The lowest BCUT2D eigenvalue weighted by molar-refractivity contribution is 0.565. The van der Waals surface area contributed by atoms with Crippen LogP contribution in [0, 0.1) is 0 Å². The monoisotopic (exact) mass is 282 g/mol.